The zero-order chi connectivity index (χ0) is 16.7. The Balaban J connectivity index is 2.06. The van der Waals surface area contributed by atoms with Crippen molar-refractivity contribution in [2.75, 3.05) is 0 Å². The average molecular weight is 381 g/mol. The third kappa shape index (κ3) is 2.40. The van der Waals surface area contributed by atoms with Crippen molar-refractivity contribution in [3.05, 3.63) is 76.0 Å². The molecule has 3 heterocycles. The van der Waals surface area contributed by atoms with E-state index < -0.39 is 0 Å². The van der Waals surface area contributed by atoms with Crippen molar-refractivity contribution in [3.63, 3.8) is 0 Å². The van der Waals surface area contributed by atoms with Crippen LogP contribution in [0.3, 0.4) is 0 Å². The molecule has 0 radical (unpaired) electrons. The highest BCUT2D eigenvalue weighted by molar-refractivity contribution is 9.10. The van der Waals surface area contributed by atoms with E-state index in [-0.39, 0.29) is 6.04 Å². The molecule has 0 aliphatic carbocycles. The summed E-state index contributed by atoms with van der Waals surface area (Å²) in [4.78, 5) is 14.1. The minimum absolute atomic E-state index is 0.0642. The average Bonchev–Trinajstić information content (AvgIpc) is 2.91. The minimum atomic E-state index is 0.0642. The second-order valence-corrected chi connectivity index (χ2v) is 6.76. The number of benzene rings is 1. The number of imidazole rings is 1. The number of hydrogen-bond donors (Lipinski definition) is 0. The van der Waals surface area contributed by atoms with E-state index in [1.807, 2.05) is 37.5 Å². The lowest BCUT2D eigenvalue weighted by atomic mass is 10.0. The van der Waals surface area contributed by atoms with Gasteiger partial charge in [-0.1, -0.05) is 28.9 Å². The van der Waals surface area contributed by atoms with Crippen LogP contribution in [-0.4, -0.2) is 20.2 Å². The van der Waals surface area contributed by atoms with Gasteiger partial charge in [-0.2, -0.15) is 0 Å². The summed E-state index contributed by atoms with van der Waals surface area (Å²) in [6, 6.07) is 12.3. The molecule has 0 N–H and O–H groups in total. The number of fused-ring (bicyclic) bond motifs is 3. The Morgan fingerprint density at radius 2 is 2.04 bits per heavy atom. The number of halogens is 1. The maximum atomic E-state index is 5.07. The van der Waals surface area contributed by atoms with Gasteiger partial charge in [-0.25, -0.2) is 4.98 Å². The van der Waals surface area contributed by atoms with Gasteiger partial charge < -0.3 is 0 Å². The molecule has 1 aliphatic heterocycles. The van der Waals surface area contributed by atoms with Gasteiger partial charge in [-0.15, -0.1) is 0 Å². The fourth-order valence-electron chi connectivity index (χ4n) is 3.20. The Hall–Kier alpha value is -2.27. The fraction of sp³-hybridized carbons (Fsp3) is 0.211. The lowest BCUT2D eigenvalue weighted by Gasteiger charge is -2.13. The van der Waals surface area contributed by atoms with Gasteiger partial charge in [0.1, 0.15) is 5.82 Å². The number of pyridine rings is 1. The minimum Gasteiger partial charge on any atom is -0.298 e. The number of aliphatic imine (C=N–C) groups is 1. The molecule has 5 heteroatoms. The van der Waals surface area contributed by atoms with Crippen molar-refractivity contribution >= 4 is 21.6 Å². The molecule has 1 aliphatic rings. The molecule has 0 saturated carbocycles. The summed E-state index contributed by atoms with van der Waals surface area (Å²) < 4.78 is 3.24. The molecule has 24 heavy (non-hydrogen) atoms. The van der Waals surface area contributed by atoms with Crippen LogP contribution >= 0.6 is 15.9 Å². The Morgan fingerprint density at radius 1 is 1.17 bits per heavy atom. The van der Waals surface area contributed by atoms with Crippen molar-refractivity contribution < 1.29 is 0 Å². The van der Waals surface area contributed by atoms with Crippen molar-refractivity contribution in [2.45, 2.75) is 26.3 Å². The molecule has 0 bridgehead atoms. The van der Waals surface area contributed by atoms with Crippen LogP contribution in [0.15, 0.2) is 58.3 Å². The number of hydrogen-bond acceptors (Lipinski definition) is 3. The smallest absolute Gasteiger partial charge is 0.110 e. The van der Waals surface area contributed by atoms with Gasteiger partial charge in [0.15, 0.2) is 0 Å². The maximum absolute atomic E-state index is 5.07. The molecule has 1 atom stereocenters. The van der Waals surface area contributed by atoms with E-state index >= 15 is 0 Å². The van der Waals surface area contributed by atoms with E-state index in [4.69, 9.17) is 4.99 Å². The molecule has 120 valence electrons. The second-order valence-electron chi connectivity index (χ2n) is 5.84. The highest BCUT2D eigenvalue weighted by Gasteiger charge is 2.26. The Morgan fingerprint density at radius 3 is 2.79 bits per heavy atom. The van der Waals surface area contributed by atoms with E-state index in [9.17, 15) is 0 Å². The molecule has 0 saturated heterocycles. The number of nitrogens with zero attached hydrogens (tertiary/aromatic N) is 4. The van der Waals surface area contributed by atoms with Gasteiger partial charge >= 0.3 is 0 Å². The molecule has 0 spiro atoms. The highest BCUT2D eigenvalue weighted by Crippen LogP contribution is 2.34. The fourth-order valence-corrected chi connectivity index (χ4v) is 3.56. The molecule has 4 nitrogen and oxygen atoms in total. The quantitative estimate of drug-likeness (QED) is 0.649. The predicted molar refractivity (Wildman–Crippen MR) is 98.9 cm³/mol. The number of aromatic nitrogens is 3. The van der Waals surface area contributed by atoms with Crippen molar-refractivity contribution in [1.82, 2.24) is 14.5 Å². The molecule has 1 aromatic carbocycles. The number of rotatable bonds is 2. The third-order valence-corrected chi connectivity index (χ3v) is 4.83. The highest BCUT2D eigenvalue weighted by atomic mass is 79.9. The van der Waals surface area contributed by atoms with Crippen LogP contribution in [0.1, 0.15) is 42.2 Å². The van der Waals surface area contributed by atoms with E-state index in [0.717, 1.165) is 45.1 Å². The van der Waals surface area contributed by atoms with Crippen LogP contribution in [0.25, 0.3) is 5.69 Å². The monoisotopic (exact) mass is 380 g/mol. The SMILES string of the molecule is CCC1N=C(c2ccccn2)c2cc(Br)ccc2-n2c1cnc2C. The molecular weight excluding hydrogens is 364 g/mol. The lowest BCUT2D eigenvalue weighted by Crippen LogP contribution is -2.09. The Bertz CT molecular complexity index is 928. The third-order valence-electron chi connectivity index (χ3n) is 4.34. The van der Waals surface area contributed by atoms with Gasteiger partial charge in [0, 0.05) is 16.2 Å². The van der Waals surface area contributed by atoms with E-state index in [1.165, 1.54) is 0 Å². The van der Waals surface area contributed by atoms with Crippen LogP contribution in [0.4, 0.5) is 0 Å². The molecular formula is C19H17BrN4. The van der Waals surface area contributed by atoms with Gasteiger partial charge in [-0.05, 0) is 43.7 Å². The van der Waals surface area contributed by atoms with Crippen LogP contribution < -0.4 is 0 Å². The first-order valence-electron chi connectivity index (χ1n) is 8.02. The summed E-state index contributed by atoms with van der Waals surface area (Å²) in [5, 5.41) is 0. The molecule has 4 rings (SSSR count). The van der Waals surface area contributed by atoms with Gasteiger partial charge in [0.2, 0.25) is 0 Å². The molecule has 0 amide bonds. The van der Waals surface area contributed by atoms with Crippen molar-refractivity contribution in [2.24, 2.45) is 4.99 Å². The lowest BCUT2D eigenvalue weighted by molar-refractivity contribution is 0.664. The van der Waals surface area contributed by atoms with Crippen LogP contribution in [0, 0.1) is 6.92 Å². The zero-order valence-electron chi connectivity index (χ0n) is 13.6. The van der Waals surface area contributed by atoms with Crippen molar-refractivity contribution in [3.8, 4) is 5.69 Å². The van der Waals surface area contributed by atoms with E-state index in [2.05, 4.69) is 55.6 Å². The van der Waals surface area contributed by atoms with Crippen LogP contribution in [0.2, 0.25) is 0 Å². The summed E-state index contributed by atoms with van der Waals surface area (Å²) in [5.74, 6) is 0.976. The first-order valence-corrected chi connectivity index (χ1v) is 8.82. The van der Waals surface area contributed by atoms with E-state index in [1.54, 1.807) is 0 Å². The van der Waals surface area contributed by atoms with Gasteiger partial charge in [-0.3, -0.25) is 14.5 Å². The second kappa shape index (κ2) is 5.98. The summed E-state index contributed by atoms with van der Waals surface area (Å²) in [6.45, 7) is 4.19. The summed E-state index contributed by atoms with van der Waals surface area (Å²) in [7, 11) is 0. The van der Waals surface area contributed by atoms with Crippen LogP contribution in [0.5, 0.6) is 0 Å². The molecule has 3 aromatic rings. The van der Waals surface area contributed by atoms with Crippen LogP contribution in [-0.2, 0) is 0 Å². The van der Waals surface area contributed by atoms with Gasteiger partial charge in [0.05, 0.1) is 35.0 Å². The predicted octanol–water partition coefficient (Wildman–Crippen LogP) is 4.64. The largest absolute Gasteiger partial charge is 0.298 e. The first kappa shape index (κ1) is 15.3. The summed E-state index contributed by atoms with van der Waals surface area (Å²) >= 11 is 3.60. The topological polar surface area (TPSA) is 43.1 Å². The number of aryl methyl sites for hydroxylation is 1. The Kier molecular flexibility index (Phi) is 3.81. The van der Waals surface area contributed by atoms with Gasteiger partial charge in [0.25, 0.3) is 0 Å². The zero-order valence-corrected chi connectivity index (χ0v) is 15.2. The normalized spacial score (nSPS) is 16.1. The molecule has 0 fully saturated rings. The molecule has 1 unspecified atom stereocenters. The standard InChI is InChI=1S/C19H17BrN4/c1-3-15-18-11-22-12(2)24(18)17-8-7-13(20)10-14(17)19(23-15)16-6-4-5-9-21-16/h4-11,15H,3H2,1-2H3. The summed E-state index contributed by atoms with van der Waals surface area (Å²) in [6.07, 6.45) is 4.67. The Labute approximate surface area is 149 Å². The maximum Gasteiger partial charge on any atom is 0.110 e. The van der Waals surface area contributed by atoms with Crippen molar-refractivity contribution in [1.29, 1.82) is 0 Å². The molecule has 2 aromatic heterocycles. The first-order chi connectivity index (χ1) is 11.7. The van der Waals surface area contributed by atoms with E-state index in [0.29, 0.717) is 0 Å². The summed E-state index contributed by atoms with van der Waals surface area (Å²) in [5.41, 5.74) is 5.13.